The Balaban J connectivity index is 1.93. The molecule has 1 saturated heterocycles. The summed E-state index contributed by atoms with van der Waals surface area (Å²) in [5, 5.41) is 15.2. The summed E-state index contributed by atoms with van der Waals surface area (Å²) in [4.78, 5) is 10.3. The molecule has 9 nitrogen and oxygen atoms in total. The molecule has 0 spiro atoms. The highest BCUT2D eigenvalue weighted by Gasteiger charge is 2.30. The van der Waals surface area contributed by atoms with Crippen LogP contribution >= 0.6 is 15.9 Å². The molecule has 2 aromatic rings. The van der Waals surface area contributed by atoms with Crippen molar-refractivity contribution in [3.63, 3.8) is 0 Å². The molecule has 0 aromatic heterocycles. The van der Waals surface area contributed by atoms with E-state index in [1.54, 1.807) is 0 Å². The van der Waals surface area contributed by atoms with Crippen LogP contribution in [0.1, 0.15) is 5.56 Å². The van der Waals surface area contributed by atoms with Crippen molar-refractivity contribution < 1.29 is 18.1 Å². The molecule has 1 aliphatic heterocycles. The molecule has 0 aliphatic carbocycles. The topological polar surface area (TPSA) is 114 Å². The molecule has 2 aromatic carbocycles. The van der Waals surface area contributed by atoms with Crippen molar-refractivity contribution in [3.05, 3.63) is 62.6 Å². The van der Waals surface area contributed by atoms with Crippen molar-refractivity contribution in [2.45, 2.75) is 4.90 Å². The van der Waals surface area contributed by atoms with Crippen LogP contribution < -0.4 is 5.43 Å². The predicted molar refractivity (Wildman–Crippen MR) is 108 cm³/mol. The largest absolute Gasteiger partial charge is 0.379 e. The zero-order valence-corrected chi connectivity index (χ0v) is 17.0. The van der Waals surface area contributed by atoms with Gasteiger partial charge in [0.15, 0.2) is 0 Å². The van der Waals surface area contributed by atoms with Crippen molar-refractivity contribution in [3.8, 4) is 0 Å². The number of nitrogens with one attached hydrogen (secondary N) is 1. The normalized spacial score (nSPS) is 15.6. The molecule has 11 heteroatoms. The van der Waals surface area contributed by atoms with Crippen LogP contribution in [0.2, 0.25) is 0 Å². The van der Waals surface area contributed by atoms with Gasteiger partial charge < -0.3 is 4.74 Å². The van der Waals surface area contributed by atoms with Gasteiger partial charge in [-0.2, -0.15) is 9.41 Å². The van der Waals surface area contributed by atoms with Gasteiger partial charge in [0, 0.05) is 29.7 Å². The fourth-order valence-electron chi connectivity index (χ4n) is 2.62. The maximum Gasteiger partial charge on any atom is 0.270 e. The minimum atomic E-state index is -3.95. The highest BCUT2D eigenvalue weighted by Crippen LogP contribution is 2.29. The lowest BCUT2D eigenvalue weighted by Crippen LogP contribution is -2.40. The number of non-ortho nitro benzene ring substituents is 1. The first-order valence-corrected chi connectivity index (χ1v) is 10.5. The molecular weight excluding hydrogens is 452 g/mol. The quantitative estimate of drug-likeness (QED) is 0.396. The number of hydrazone groups is 1. The van der Waals surface area contributed by atoms with Crippen molar-refractivity contribution >= 4 is 43.5 Å². The van der Waals surface area contributed by atoms with Gasteiger partial charge in [0.25, 0.3) is 5.69 Å². The zero-order valence-electron chi connectivity index (χ0n) is 14.6. The van der Waals surface area contributed by atoms with Crippen molar-refractivity contribution in [1.29, 1.82) is 0 Å². The van der Waals surface area contributed by atoms with Gasteiger partial charge in [-0.05, 0) is 23.8 Å². The Morgan fingerprint density at radius 3 is 2.64 bits per heavy atom. The summed E-state index contributed by atoms with van der Waals surface area (Å²) in [5.41, 5.74) is 3.32. The van der Waals surface area contributed by atoms with Gasteiger partial charge in [0.1, 0.15) is 4.90 Å². The third-order valence-electron chi connectivity index (χ3n) is 4.01. The van der Waals surface area contributed by atoms with Crippen molar-refractivity contribution in [2.24, 2.45) is 5.10 Å². The van der Waals surface area contributed by atoms with E-state index >= 15 is 0 Å². The summed E-state index contributed by atoms with van der Waals surface area (Å²) < 4.78 is 33.3. The highest BCUT2D eigenvalue weighted by atomic mass is 79.9. The molecular formula is C17H17BrN4O5S. The van der Waals surface area contributed by atoms with Gasteiger partial charge >= 0.3 is 0 Å². The van der Waals surface area contributed by atoms with E-state index in [4.69, 9.17) is 4.74 Å². The standard InChI is InChI=1S/C17H17BrN4O5S/c18-14-3-1-2-13(10-14)12-19-20-16-5-4-15(22(23)24)11-17(16)28(25,26)21-6-8-27-9-7-21/h1-5,10-12,20H,6-9H2/b19-12+. The maximum atomic E-state index is 13.0. The van der Waals surface area contributed by atoms with Gasteiger partial charge in [-0.1, -0.05) is 28.1 Å². The lowest BCUT2D eigenvalue weighted by Gasteiger charge is -2.26. The summed E-state index contributed by atoms with van der Waals surface area (Å²) in [6, 6.07) is 11.0. The molecule has 0 bridgehead atoms. The number of halogens is 1. The van der Waals surface area contributed by atoms with E-state index in [9.17, 15) is 18.5 Å². The van der Waals surface area contributed by atoms with Crippen LogP contribution in [0.25, 0.3) is 0 Å². The molecule has 0 saturated carbocycles. The molecule has 148 valence electrons. The molecule has 3 rings (SSSR count). The number of nitro benzene ring substituents is 1. The Morgan fingerprint density at radius 1 is 1.21 bits per heavy atom. The average molecular weight is 469 g/mol. The van der Waals surface area contributed by atoms with Gasteiger partial charge in [-0.25, -0.2) is 8.42 Å². The molecule has 28 heavy (non-hydrogen) atoms. The Morgan fingerprint density at radius 2 is 1.96 bits per heavy atom. The first-order chi connectivity index (χ1) is 13.4. The van der Waals surface area contributed by atoms with E-state index in [-0.39, 0.29) is 42.6 Å². The summed E-state index contributed by atoms with van der Waals surface area (Å²) in [5.74, 6) is 0. The van der Waals surface area contributed by atoms with E-state index in [2.05, 4.69) is 26.5 Å². The van der Waals surface area contributed by atoms with Crippen LogP contribution in [0.5, 0.6) is 0 Å². The first-order valence-electron chi connectivity index (χ1n) is 8.29. The Kier molecular flexibility index (Phi) is 6.39. The molecule has 0 unspecified atom stereocenters. The highest BCUT2D eigenvalue weighted by molar-refractivity contribution is 9.10. The number of hydrogen-bond donors (Lipinski definition) is 1. The maximum absolute atomic E-state index is 13.0. The minimum Gasteiger partial charge on any atom is -0.379 e. The van der Waals surface area contributed by atoms with E-state index in [0.717, 1.165) is 16.1 Å². The number of nitro groups is 1. The van der Waals surface area contributed by atoms with Crippen LogP contribution in [-0.2, 0) is 14.8 Å². The zero-order chi connectivity index (χ0) is 20.1. The number of benzene rings is 2. The number of sulfonamides is 1. The number of anilines is 1. The number of rotatable bonds is 6. The van der Waals surface area contributed by atoms with Crippen LogP contribution in [0, 0.1) is 10.1 Å². The monoisotopic (exact) mass is 468 g/mol. The van der Waals surface area contributed by atoms with Gasteiger partial charge in [0.05, 0.1) is 30.0 Å². The summed E-state index contributed by atoms with van der Waals surface area (Å²) in [6.07, 6.45) is 1.53. The third kappa shape index (κ3) is 4.73. The minimum absolute atomic E-state index is 0.156. The van der Waals surface area contributed by atoms with E-state index < -0.39 is 14.9 Å². The van der Waals surface area contributed by atoms with Crippen molar-refractivity contribution in [1.82, 2.24) is 4.31 Å². The van der Waals surface area contributed by atoms with Crippen LogP contribution in [0.4, 0.5) is 11.4 Å². The van der Waals surface area contributed by atoms with Gasteiger partial charge in [-0.3, -0.25) is 15.5 Å². The Bertz CT molecular complexity index is 1010. The summed E-state index contributed by atoms with van der Waals surface area (Å²) in [6.45, 7) is 0.924. The van der Waals surface area contributed by atoms with E-state index in [1.165, 1.54) is 22.7 Å². The molecule has 1 aliphatic rings. The SMILES string of the molecule is O=[N+]([O-])c1ccc(N/N=C/c2cccc(Br)c2)c(S(=O)(=O)N2CCOCC2)c1. The lowest BCUT2D eigenvalue weighted by atomic mass is 10.2. The summed E-state index contributed by atoms with van der Waals surface area (Å²) >= 11 is 3.36. The van der Waals surface area contributed by atoms with Gasteiger partial charge in [0.2, 0.25) is 10.0 Å². The second-order valence-corrected chi connectivity index (χ2v) is 8.70. The van der Waals surface area contributed by atoms with Crippen LogP contribution in [-0.4, -0.2) is 50.2 Å². The molecule has 0 atom stereocenters. The first kappa shape index (κ1) is 20.4. The van der Waals surface area contributed by atoms with Crippen molar-refractivity contribution in [2.75, 3.05) is 31.7 Å². The third-order valence-corrected chi connectivity index (χ3v) is 6.44. The van der Waals surface area contributed by atoms with Gasteiger partial charge in [-0.15, -0.1) is 0 Å². The molecule has 1 fully saturated rings. The number of hydrogen-bond acceptors (Lipinski definition) is 7. The second-order valence-electron chi connectivity index (χ2n) is 5.88. The summed E-state index contributed by atoms with van der Waals surface area (Å²) in [7, 11) is -3.95. The Labute approximate surface area is 170 Å². The number of nitrogens with zero attached hydrogens (tertiary/aromatic N) is 3. The predicted octanol–water partition coefficient (Wildman–Crippen LogP) is 2.82. The molecule has 1 N–H and O–H groups in total. The number of morpholine rings is 1. The fraction of sp³-hybridized carbons (Fsp3) is 0.235. The van der Waals surface area contributed by atoms with Crippen LogP contribution in [0.15, 0.2) is 56.9 Å². The smallest absolute Gasteiger partial charge is 0.270 e. The molecule has 1 heterocycles. The van der Waals surface area contributed by atoms with E-state index in [0.29, 0.717) is 0 Å². The fourth-order valence-corrected chi connectivity index (χ4v) is 4.61. The average Bonchev–Trinajstić information content (AvgIpc) is 2.68. The number of ether oxygens (including phenoxy) is 1. The Hall–Kier alpha value is -2.34. The molecule has 0 radical (unpaired) electrons. The van der Waals surface area contributed by atoms with E-state index in [1.807, 2.05) is 24.3 Å². The lowest BCUT2D eigenvalue weighted by molar-refractivity contribution is -0.385. The molecule has 0 amide bonds. The van der Waals surface area contributed by atoms with Crippen LogP contribution in [0.3, 0.4) is 0 Å². The second kappa shape index (κ2) is 8.78.